The first kappa shape index (κ1) is 11.3. The van der Waals surface area contributed by atoms with Gasteiger partial charge in [0.15, 0.2) is 12.5 Å². The van der Waals surface area contributed by atoms with Crippen molar-refractivity contribution in [1.29, 1.82) is 0 Å². The summed E-state index contributed by atoms with van der Waals surface area (Å²) in [7, 11) is 0. The van der Waals surface area contributed by atoms with Crippen molar-refractivity contribution in [2.24, 2.45) is 0 Å². The van der Waals surface area contributed by atoms with Crippen LogP contribution in [0, 0.1) is 0 Å². The van der Waals surface area contributed by atoms with Crippen molar-refractivity contribution in [1.82, 2.24) is 10.3 Å². The highest BCUT2D eigenvalue weighted by molar-refractivity contribution is 5.90. The minimum absolute atomic E-state index is 0.376. The van der Waals surface area contributed by atoms with Gasteiger partial charge in [0.05, 0.1) is 0 Å². The fraction of sp³-hybridized carbons (Fsp3) is 0.300. The van der Waals surface area contributed by atoms with Gasteiger partial charge < -0.3 is 5.32 Å². The quantitative estimate of drug-likeness (QED) is 0.799. The number of Topliss-reactive ketones (excluding diaryl/α,β-unsaturated/α-hetero) is 1. The predicted octanol–water partition coefficient (Wildman–Crippen LogP) is 0.797. The molecule has 1 unspecified atom stereocenters. The maximum atomic E-state index is 12.3. The zero-order chi connectivity index (χ0) is 11.3. The Morgan fingerprint density at radius 2 is 2.07 bits per heavy atom. The van der Waals surface area contributed by atoms with E-state index in [-0.39, 0.29) is 5.91 Å². The Labute approximate surface area is 86.5 Å². The number of rotatable bonds is 4. The number of ketones is 1. The van der Waals surface area contributed by atoms with E-state index in [0.29, 0.717) is 5.56 Å². The maximum Gasteiger partial charge on any atom is 0.217 e. The number of alkyl halides is 1. The van der Waals surface area contributed by atoms with Crippen LogP contribution in [-0.4, -0.2) is 23.3 Å². The Morgan fingerprint density at radius 1 is 1.47 bits per heavy atom. The van der Waals surface area contributed by atoms with Gasteiger partial charge in [0.2, 0.25) is 5.91 Å². The number of nitrogens with one attached hydrogen (secondary N) is 1. The number of hydrogen-bond acceptors (Lipinski definition) is 3. The highest BCUT2D eigenvalue weighted by atomic mass is 19.1. The van der Waals surface area contributed by atoms with Gasteiger partial charge in [0.25, 0.3) is 0 Å². The van der Waals surface area contributed by atoms with Crippen LogP contribution in [-0.2, 0) is 9.59 Å². The number of halogens is 1. The minimum Gasteiger partial charge on any atom is -0.342 e. The molecule has 1 heterocycles. The summed E-state index contributed by atoms with van der Waals surface area (Å²) in [4.78, 5) is 25.9. The maximum absolute atomic E-state index is 12.3. The van der Waals surface area contributed by atoms with Gasteiger partial charge in [-0.05, 0) is 17.7 Å². The standard InChI is InChI=1S/C10H11FN2O2/c1-7(14)13-10(9(15)6-11)8-2-4-12-5-3-8/h2-5,10H,6H2,1H3,(H,13,14). The molecule has 1 amide bonds. The van der Waals surface area contributed by atoms with Gasteiger partial charge in [-0.25, -0.2) is 4.39 Å². The molecule has 0 radical (unpaired) electrons. The molecule has 0 aliphatic carbocycles. The SMILES string of the molecule is CC(=O)NC(C(=O)CF)c1ccncc1. The summed E-state index contributed by atoms with van der Waals surface area (Å²) in [6.45, 7) is 0.174. The van der Waals surface area contributed by atoms with Crippen molar-refractivity contribution >= 4 is 11.7 Å². The average molecular weight is 210 g/mol. The Morgan fingerprint density at radius 3 is 2.53 bits per heavy atom. The van der Waals surface area contributed by atoms with Crippen LogP contribution in [0.15, 0.2) is 24.5 Å². The van der Waals surface area contributed by atoms with Gasteiger partial charge in [0, 0.05) is 19.3 Å². The lowest BCUT2D eigenvalue weighted by Gasteiger charge is -2.14. The first-order chi connectivity index (χ1) is 7.15. The number of amides is 1. The third-order valence-electron chi connectivity index (χ3n) is 1.84. The van der Waals surface area contributed by atoms with Crippen molar-refractivity contribution in [3.05, 3.63) is 30.1 Å². The highest BCUT2D eigenvalue weighted by Gasteiger charge is 2.20. The summed E-state index contributed by atoms with van der Waals surface area (Å²) in [6, 6.07) is 2.21. The molecule has 0 fully saturated rings. The number of aromatic nitrogens is 1. The third kappa shape index (κ3) is 3.12. The number of pyridine rings is 1. The summed E-state index contributed by atoms with van der Waals surface area (Å²) in [5.41, 5.74) is 0.530. The van der Waals surface area contributed by atoms with E-state index in [0.717, 1.165) is 0 Å². The van der Waals surface area contributed by atoms with Gasteiger partial charge in [-0.15, -0.1) is 0 Å². The lowest BCUT2D eigenvalue weighted by atomic mass is 10.0. The highest BCUT2D eigenvalue weighted by Crippen LogP contribution is 2.12. The Hall–Kier alpha value is -1.78. The van der Waals surface area contributed by atoms with Crippen molar-refractivity contribution in [2.45, 2.75) is 13.0 Å². The largest absolute Gasteiger partial charge is 0.342 e. The molecule has 4 nitrogen and oxygen atoms in total. The van der Waals surface area contributed by atoms with Crippen LogP contribution in [0.2, 0.25) is 0 Å². The van der Waals surface area contributed by atoms with Gasteiger partial charge >= 0.3 is 0 Å². The molecule has 1 aromatic heterocycles. The second-order valence-electron chi connectivity index (χ2n) is 3.01. The molecule has 1 aromatic rings. The lowest BCUT2D eigenvalue weighted by molar-refractivity contribution is -0.127. The van der Waals surface area contributed by atoms with Crippen LogP contribution >= 0.6 is 0 Å². The lowest BCUT2D eigenvalue weighted by Crippen LogP contribution is -2.33. The smallest absolute Gasteiger partial charge is 0.217 e. The molecule has 80 valence electrons. The van der Waals surface area contributed by atoms with Gasteiger partial charge in [-0.1, -0.05) is 0 Å². The molecular formula is C10H11FN2O2. The topological polar surface area (TPSA) is 59.1 Å². The van der Waals surface area contributed by atoms with Crippen LogP contribution in [0.25, 0.3) is 0 Å². The summed E-state index contributed by atoms with van der Waals surface area (Å²) in [5, 5.41) is 2.39. The van der Waals surface area contributed by atoms with E-state index >= 15 is 0 Å². The van der Waals surface area contributed by atoms with Crippen LogP contribution in [0.5, 0.6) is 0 Å². The zero-order valence-electron chi connectivity index (χ0n) is 8.24. The zero-order valence-corrected chi connectivity index (χ0v) is 8.24. The first-order valence-electron chi connectivity index (χ1n) is 4.41. The van der Waals surface area contributed by atoms with E-state index in [1.165, 1.54) is 19.3 Å². The molecule has 0 saturated carbocycles. The molecule has 0 bridgehead atoms. The number of nitrogens with zero attached hydrogens (tertiary/aromatic N) is 1. The van der Waals surface area contributed by atoms with Crippen molar-refractivity contribution in [2.75, 3.05) is 6.67 Å². The van der Waals surface area contributed by atoms with E-state index < -0.39 is 18.5 Å². The van der Waals surface area contributed by atoms with E-state index in [2.05, 4.69) is 10.3 Å². The van der Waals surface area contributed by atoms with Crippen LogP contribution in [0.4, 0.5) is 4.39 Å². The first-order valence-corrected chi connectivity index (χ1v) is 4.41. The molecule has 1 atom stereocenters. The van der Waals surface area contributed by atoms with E-state index in [4.69, 9.17) is 0 Å². The fourth-order valence-corrected chi connectivity index (χ4v) is 1.19. The Bertz CT molecular complexity index is 354. The van der Waals surface area contributed by atoms with Gasteiger partial charge in [-0.3, -0.25) is 14.6 Å². The average Bonchev–Trinajstić information content (AvgIpc) is 2.26. The molecule has 1 N–H and O–H groups in total. The summed E-state index contributed by atoms with van der Waals surface area (Å²) in [6.07, 6.45) is 2.96. The molecule has 0 aliphatic rings. The van der Waals surface area contributed by atoms with Crippen LogP contribution in [0.1, 0.15) is 18.5 Å². The molecule has 0 saturated heterocycles. The molecule has 0 aliphatic heterocycles. The number of carbonyl (C=O) groups excluding carboxylic acids is 2. The Kier molecular flexibility index (Phi) is 3.91. The summed E-state index contributed by atoms with van der Waals surface area (Å²) < 4.78 is 12.3. The van der Waals surface area contributed by atoms with Crippen LogP contribution < -0.4 is 5.32 Å². The molecule has 0 aromatic carbocycles. The normalized spacial score (nSPS) is 11.9. The van der Waals surface area contributed by atoms with Gasteiger partial charge in [0.1, 0.15) is 6.04 Å². The van der Waals surface area contributed by atoms with Crippen LogP contribution in [0.3, 0.4) is 0 Å². The number of carbonyl (C=O) groups is 2. The van der Waals surface area contributed by atoms with E-state index in [9.17, 15) is 14.0 Å². The second kappa shape index (κ2) is 5.19. The van der Waals surface area contributed by atoms with E-state index in [1.807, 2.05) is 0 Å². The summed E-state index contributed by atoms with van der Waals surface area (Å²) in [5.74, 6) is -1.05. The second-order valence-corrected chi connectivity index (χ2v) is 3.01. The monoisotopic (exact) mass is 210 g/mol. The molecule has 15 heavy (non-hydrogen) atoms. The predicted molar refractivity (Wildman–Crippen MR) is 51.8 cm³/mol. The Balaban J connectivity index is 2.91. The third-order valence-corrected chi connectivity index (χ3v) is 1.84. The van der Waals surface area contributed by atoms with Gasteiger partial charge in [-0.2, -0.15) is 0 Å². The number of hydrogen-bond donors (Lipinski definition) is 1. The minimum atomic E-state index is -1.10. The van der Waals surface area contributed by atoms with E-state index in [1.54, 1.807) is 12.1 Å². The van der Waals surface area contributed by atoms with Crippen molar-refractivity contribution in [3.63, 3.8) is 0 Å². The van der Waals surface area contributed by atoms with Crippen molar-refractivity contribution < 1.29 is 14.0 Å². The molecule has 0 spiro atoms. The molecular weight excluding hydrogens is 199 g/mol. The fourth-order valence-electron chi connectivity index (χ4n) is 1.19. The van der Waals surface area contributed by atoms with Crippen molar-refractivity contribution in [3.8, 4) is 0 Å². The molecule has 1 rings (SSSR count). The summed E-state index contributed by atoms with van der Waals surface area (Å²) >= 11 is 0. The molecule has 5 heteroatoms.